The highest BCUT2D eigenvalue weighted by Crippen LogP contribution is 2.22. The molecule has 7 nitrogen and oxygen atoms in total. The molecular formula is C22H22F3N5O2. The van der Waals surface area contributed by atoms with Crippen molar-refractivity contribution in [3.05, 3.63) is 71.2 Å². The van der Waals surface area contributed by atoms with Gasteiger partial charge >= 0.3 is 6.03 Å². The lowest BCUT2D eigenvalue weighted by molar-refractivity contribution is -0.117. The predicted octanol–water partition coefficient (Wildman–Crippen LogP) is 4.30. The van der Waals surface area contributed by atoms with Crippen LogP contribution in [-0.4, -0.2) is 21.7 Å². The van der Waals surface area contributed by atoms with Gasteiger partial charge in [0, 0.05) is 6.07 Å². The Morgan fingerprint density at radius 2 is 1.84 bits per heavy atom. The zero-order chi connectivity index (χ0) is 23.3. The van der Waals surface area contributed by atoms with Crippen LogP contribution in [0.2, 0.25) is 0 Å². The molecule has 0 radical (unpaired) electrons. The Balaban J connectivity index is 1.88. The molecule has 4 N–H and O–H groups in total. The summed E-state index contributed by atoms with van der Waals surface area (Å²) in [6.45, 7) is 2.03. The number of nitrogens with two attached hydrogens (primary N) is 1. The average Bonchev–Trinajstić information content (AvgIpc) is 3.15. The molecule has 3 rings (SSSR count). The number of nitrogens with zero attached hydrogens (tertiary/aromatic N) is 2. The summed E-state index contributed by atoms with van der Waals surface area (Å²) in [5.41, 5.74) is 6.70. The normalized spacial score (nSPS) is 10.8. The first-order valence-electron chi connectivity index (χ1n) is 9.96. The molecule has 0 bridgehead atoms. The average molecular weight is 445 g/mol. The van der Waals surface area contributed by atoms with Gasteiger partial charge in [-0.1, -0.05) is 25.5 Å². The Labute approximate surface area is 182 Å². The van der Waals surface area contributed by atoms with Gasteiger partial charge < -0.3 is 11.1 Å². The van der Waals surface area contributed by atoms with Gasteiger partial charge in [0.1, 0.15) is 5.82 Å². The topological polar surface area (TPSA) is 102 Å². The summed E-state index contributed by atoms with van der Waals surface area (Å²) >= 11 is 0. The molecule has 2 aromatic carbocycles. The number of urea groups is 1. The second kappa shape index (κ2) is 9.99. The highest BCUT2D eigenvalue weighted by atomic mass is 19.2. The van der Waals surface area contributed by atoms with E-state index >= 15 is 0 Å². The number of benzene rings is 2. The van der Waals surface area contributed by atoms with Gasteiger partial charge in [-0.25, -0.2) is 22.6 Å². The summed E-state index contributed by atoms with van der Waals surface area (Å²) in [6.07, 6.45) is 2.53. The number of amides is 3. The van der Waals surface area contributed by atoms with Crippen molar-refractivity contribution >= 4 is 23.4 Å². The van der Waals surface area contributed by atoms with Crippen molar-refractivity contribution in [1.82, 2.24) is 9.78 Å². The fourth-order valence-electron chi connectivity index (χ4n) is 3.09. The minimum atomic E-state index is -1.68. The van der Waals surface area contributed by atoms with Crippen molar-refractivity contribution in [2.24, 2.45) is 5.73 Å². The summed E-state index contributed by atoms with van der Waals surface area (Å²) in [4.78, 5) is 23.7. The van der Waals surface area contributed by atoms with Crippen LogP contribution < -0.4 is 16.4 Å². The van der Waals surface area contributed by atoms with Crippen LogP contribution in [0, 0.1) is 17.5 Å². The number of hydrogen-bond donors (Lipinski definition) is 3. The quantitative estimate of drug-likeness (QED) is 0.451. The summed E-state index contributed by atoms with van der Waals surface area (Å²) in [5, 5.41) is 9.23. The van der Waals surface area contributed by atoms with Gasteiger partial charge in [-0.15, -0.1) is 0 Å². The molecule has 1 aromatic heterocycles. The Hall–Kier alpha value is -3.82. The van der Waals surface area contributed by atoms with E-state index in [-0.39, 0.29) is 12.2 Å². The number of anilines is 2. The van der Waals surface area contributed by atoms with Gasteiger partial charge in [0.25, 0.3) is 0 Å². The molecule has 3 amide bonds. The second-order valence-corrected chi connectivity index (χ2v) is 7.15. The maximum absolute atomic E-state index is 13.9. The monoisotopic (exact) mass is 445 g/mol. The Morgan fingerprint density at radius 3 is 2.56 bits per heavy atom. The number of unbranched alkanes of at least 4 members (excludes halogenated alkanes) is 1. The third-order valence-electron chi connectivity index (χ3n) is 4.60. The largest absolute Gasteiger partial charge is 0.369 e. The summed E-state index contributed by atoms with van der Waals surface area (Å²) in [6, 6.07) is 9.33. The van der Waals surface area contributed by atoms with E-state index in [1.54, 1.807) is 30.3 Å². The zero-order valence-electron chi connectivity index (χ0n) is 17.3. The number of carbonyl (C=O) groups is 2. The van der Waals surface area contributed by atoms with E-state index in [9.17, 15) is 22.8 Å². The fraction of sp³-hybridized carbons (Fsp3) is 0.227. The molecule has 1 heterocycles. The molecule has 0 saturated heterocycles. The smallest absolute Gasteiger partial charge is 0.324 e. The minimum Gasteiger partial charge on any atom is -0.369 e. The third kappa shape index (κ3) is 5.45. The highest BCUT2D eigenvalue weighted by molar-refractivity contribution is 5.99. The van der Waals surface area contributed by atoms with Crippen molar-refractivity contribution in [1.29, 1.82) is 0 Å². The van der Waals surface area contributed by atoms with Gasteiger partial charge in [-0.2, -0.15) is 5.10 Å². The van der Waals surface area contributed by atoms with Crippen LogP contribution in [0.3, 0.4) is 0 Å². The fourth-order valence-corrected chi connectivity index (χ4v) is 3.09. The van der Waals surface area contributed by atoms with E-state index in [0.717, 1.165) is 18.9 Å². The van der Waals surface area contributed by atoms with E-state index in [4.69, 9.17) is 5.73 Å². The van der Waals surface area contributed by atoms with Crippen molar-refractivity contribution in [3.63, 3.8) is 0 Å². The van der Waals surface area contributed by atoms with E-state index in [2.05, 4.69) is 15.7 Å². The third-order valence-corrected chi connectivity index (χ3v) is 4.60. The Morgan fingerprint density at radius 1 is 1.06 bits per heavy atom. The van der Waals surface area contributed by atoms with Crippen molar-refractivity contribution in [2.45, 2.75) is 32.6 Å². The molecule has 0 fully saturated rings. The number of rotatable bonds is 8. The number of aromatic nitrogens is 2. The molecule has 0 atom stereocenters. The summed E-state index contributed by atoms with van der Waals surface area (Å²) < 4.78 is 41.9. The number of halogens is 3. The zero-order valence-corrected chi connectivity index (χ0v) is 17.3. The molecule has 0 aliphatic carbocycles. The Bertz CT molecular complexity index is 1150. The van der Waals surface area contributed by atoms with Crippen LogP contribution in [0.1, 0.15) is 31.0 Å². The van der Waals surface area contributed by atoms with Gasteiger partial charge in [0.15, 0.2) is 17.5 Å². The van der Waals surface area contributed by atoms with Crippen molar-refractivity contribution in [2.75, 3.05) is 10.6 Å². The number of nitrogens with one attached hydrogen (secondary N) is 2. The first kappa shape index (κ1) is 22.9. The molecule has 168 valence electrons. The maximum atomic E-state index is 13.9. The van der Waals surface area contributed by atoms with Crippen LogP contribution >= 0.6 is 0 Å². The molecule has 32 heavy (non-hydrogen) atoms. The molecule has 0 aliphatic rings. The molecule has 0 unspecified atom stereocenters. The van der Waals surface area contributed by atoms with Crippen LogP contribution in [0.25, 0.3) is 5.69 Å². The number of aryl methyl sites for hydroxylation is 1. The van der Waals surface area contributed by atoms with Gasteiger partial charge in [0.2, 0.25) is 5.91 Å². The Kier molecular flexibility index (Phi) is 7.14. The lowest BCUT2D eigenvalue weighted by atomic mass is 10.1. The van der Waals surface area contributed by atoms with E-state index in [0.29, 0.717) is 29.4 Å². The SMILES string of the molecule is CCCCc1cc(NC(=O)Nc2ccc(F)c(F)c2F)n(-c2cccc(CC(N)=O)c2)n1. The molecule has 3 aromatic rings. The first-order chi connectivity index (χ1) is 15.3. The van der Waals surface area contributed by atoms with E-state index in [1.165, 1.54) is 4.68 Å². The summed E-state index contributed by atoms with van der Waals surface area (Å²) in [5.74, 6) is -4.76. The lowest BCUT2D eigenvalue weighted by Gasteiger charge is -2.11. The number of hydrogen-bond acceptors (Lipinski definition) is 3. The summed E-state index contributed by atoms with van der Waals surface area (Å²) in [7, 11) is 0. The minimum absolute atomic E-state index is 0.0382. The molecule has 0 spiro atoms. The standard InChI is InChI=1S/C22H22F3N5O2/c1-2-3-6-14-12-19(28-22(32)27-17-9-8-16(23)20(24)21(17)25)30(29-14)15-7-4-5-13(10-15)11-18(26)31/h4-5,7-10,12H,2-3,6,11H2,1H3,(H2,26,31)(H2,27,28,32). The second-order valence-electron chi connectivity index (χ2n) is 7.15. The maximum Gasteiger partial charge on any atom is 0.324 e. The number of primary amides is 1. The molecule has 0 saturated carbocycles. The molecule has 0 aliphatic heterocycles. The van der Waals surface area contributed by atoms with Crippen molar-refractivity contribution < 1.29 is 22.8 Å². The molecular weight excluding hydrogens is 423 g/mol. The van der Waals surface area contributed by atoms with Crippen LogP contribution in [0.15, 0.2) is 42.5 Å². The number of carbonyl (C=O) groups excluding carboxylic acids is 2. The van der Waals surface area contributed by atoms with Crippen molar-refractivity contribution in [3.8, 4) is 5.69 Å². The van der Waals surface area contributed by atoms with Gasteiger partial charge in [0.05, 0.1) is 23.5 Å². The van der Waals surface area contributed by atoms with Crippen LogP contribution in [0.4, 0.5) is 29.5 Å². The van der Waals surface area contributed by atoms with Crippen LogP contribution in [0.5, 0.6) is 0 Å². The van der Waals surface area contributed by atoms with E-state index in [1.807, 2.05) is 6.92 Å². The highest BCUT2D eigenvalue weighted by Gasteiger charge is 2.17. The first-order valence-corrected chi connectivity index (χ1v) is 9.96. The lowest BCUT2D eigenvalue weighted by Crippen LogP contribution is -2.22. The van der Waals surface area contributed by atoms with Crippen LogP contribution in [-0.2, 0) is 17.6 Å². The van der Waals surface area contributed by atoms with Gasteiger partial charge in [-0.05, 0) is 42.7 Å². The predicted molar refractivity (Wildman–Crippen MR) is 114 cm³/mol. The van der Waals surface area contributed by atoms with E-state index < -0.39 is 35.1 Å². The van der Waals surface area contributed by atoms with Gasteiger partial charge in [-0.3, -0.25) is 10.1 Å². The molecule has 10 heteroatoms.